The van der Waals surface area contributed by atoms with Crippen LogP contribution in [-0.2, 0) is 24.4 Å². The molecule has 0 aliphatic heterocycles. The molecule has 0 unspecified atom stereocenters. The smallest absolute Gasteiger partial charge is 0.424 e. The zero-order valence-corrected chi connectivity index (χ0v) is 15.3. The molecule has 3 saturated carbocycles. The van der Waals surface area contributed by atoms with E-state index in [1.807, 2.05) is 0 Å². The molecular formula is C16H17F6N3O5. The van der Waals surface area contributed by atoms with Gasteiger partial charge in [0.25, 0.3) is 0 Å². The highest BCUT2D eigenvalue weighted by atomic mass is 19.4. The molecular weight excluding hydrogens is 428 g/mol. The van der Waals surface area contributed by atoms with Gasteiger partial charge in [0.05, 0.1) is 30.3 Å². The van der Waals surface area contributed by atoms with Crippen LogP contribution in [0.4, 0.5) is 26.3 Å². The summed E-state index contributed by atoms with van der Waals surface area (Å²) in [5, 5.41) is 10.6. The number of carbonyl (C=O) groups excluding carboxylic acids is 1. The van der Waals surface area contributed by atoms with Gasteiger partial charge < -0.3 is 14.5 Å². The summed E-state index contributed by atoms with van der Waals surface area (Å²) in [6.45, 7) is -1.53. The maximum Gasteiger partial charge on any atom is 0.522 e. The van der Waals surface area contributed by atoms with Gasteiger partial charge >= 0.3 is 12.7 Å². The molecule has 0 bridgehead atoms. The zero-order valence-electron chi connectivity index (χ0n) is 15.3. The first-order valence-corrected chi connectivity index (χ1v) is 9.09. The van der Waals surface area contributed by atoms with Crippen molar-refractivity contribution in [2.24, 2.45) is 0 Å². The lowest BCUT2D eigenvalue weighted by molar-refractivity contribution is -0.352. The van der Waals surface area contributed by atoms with Gasteiger partial charge in [-0.05, 0) is 25.7 Å². The largest absolute Gasteiger partial charge is 0.522 e. The van der Waals surface area contributed by atoms with Gasteiger partial charge in [0.15, 0.2) is 0 Å². The standard InChI is InChI=1S/C16H17F6N3O5/c17-15(18,19)28-2-1-27-5-10(26)23-14-6-13(14,7-14)12-25-24-11(29-12)8-3-9(4-8)30-16(20,21)22/h8-9H,1-7H2,(H,23,26). The second-order valence-corrected chi connectivity index (χ2v) is 7.71. The van der Waals surface area contributed by atoms with Crippen LogP contribution in [0, 0.1) is 0 Å². The summed E-state index contributed by atoms with van der Waals surface area (Å²) < 4.78 is 89.9. The van der Waals surface area contributed by atoms with Crippen molar-refractivity contribution in [2.75, 3.05) is 19.8 Å². The number of aromatic nitrogens is 2. The molecule has 1 aromatic heterocycles. The quantitative estimate of drug-likeness (QED) is 0.460. The molecule has 3 aliphatic carbocycles. The monoisotopic (exact) mass is 445 g/mol. The van der Waals surface area contributed by atoms with Crippen LogP contribution in [0.1, 0.15) is 43.4 Å². The van der Waals surface area contributed by atoms with Crippen molar-refractivity contribution in [1.29, 1.82) is 0 Å². The van der Waals surface area contributed by atoms with Crippen LogP contribution >= 0.6 is 0 Å². The van der Waals surface area contributed by atoms with E-state index in [2.05, 4.69) is 25.0 Å². The fourth-order valence-corrected chi connectivity index (χ4v) is 3.78. The van der Waals surface area contributed by atoms with Crippen molar-refractivity contribution in [3.05, 3.63) is 11.8 Å². The van der Waals surface area contributed by atoms with Crippen molar-refractivity contribution in [3.63, 3.8) is 0 Å². The normalized spacial score (nSPS) is 32.3. The van der Waals surface area contributed by atoms with Gasteiger partial charge in [-0.15, -0.1) is 36.5 Å². The van der Waals surface area contributed by atoms with E-state index in [0.29, 0.717) is 18.7 Å². The molecule has 3 fully saturated rings. The minimum atomic E-state index is -4.75. The van der Waals surface area contributed by atoms with Crippen LogP contribution in [0.5, 0.6) is 0 Å². The van der Waals surface area contributed by atoms with E-state index in [0.717, 1.165) is 0 Å². The molecule has 3 aliphatic rings. The van der Waals surface area contributed by atoms with Crippen LogP contribution in [0.25, 0.3) is 0 Å². The van der Waals surface area contributed by atoms with E-state index in [4.69, 9.17) is 9.15 Å². The van der Waals surface area contributed by atoms with Gasteiger partial charge in [0.1, 0.15) is 6.61 Å². The molecule has 1 N–H and O–H groups in total. The van der Waals surface area contributed by atoms with E-state index < -0.39 is 55.5 Å². The molecule has 30 heavy (non-hydrogen) atoms. The molecule has 0 saturated heterocycles. The van der Waals surface area contributed by atoms with Crippen molar-refractivity contribution < 1.29 is 49.8 Å². The van der Waals surface area contributed by atoms with Crippen LogP contribution in [0.3, 0.4) is 0 Å². The van der Waals surface area contributed by atoms with E-state index >= 15 is 0 Å². The first-order chi connectivity index (χ1) is 13.9. The fraction of sp³-hybridized carbons (Fsp3) is 0.812. The van der Waals surface area contributed by atoms with Crippen LogP contribution in [0.2, 0.25) is 0 Å². The Morgan fingerprint density at radius 1 is 1.10 bits per heavy atom. The van der Waals surface area contributed by atoms with E-state index in [1.54, 1.807) is 0 Å². The van der Waals surface area contributed by atoms with Gasteiger partial charge in [-0.3, -0.25) is 14.3 Å². The minimum Gasteiger partial charge on any atom is -0.424 e. The number of nitrogens with zero attached hydrogens (tertiary/aromatic N) is 2. The highest BCUT2D eigenvalue weighted by Gasteiger charge is 2.87. The Labute approximate surface area is 165 Å². The molecule has 8 nitrogen and oxygen atoms in total. The van der Waals surface area contributed by atoms with E-state index in [-0.39, 0.29) is 24.7 Å². The summed E-state index contributed by atoms with van der Waals surface area (Å²) in [5.41, 5.74) is -1.03. The van der Waals surface area contributed by atoms with Crippen molar-refractivity contribution in [3.8, 4) is 0 Å². The molecule has 1 aromatic rings. The third-order valence-electron chi connectivity index (χ3n) is 5.57. The minimum absolute atomic E-state index is 0.130. The number of fused-ring (bicyclic) bond motifs is 1. The summed E-state index contributed by atoms with van der Waals surface area (Å²) in [6.07, 6.45) is -8.96. The maximum absolute atomic E-state index is 12.2. The number of amides is 1. The number of alkyl halides is 6. The van der Waals surface area contributed by atoms with Crippen molar-refractivity contribution in [1.82, 2.24) is 15.5 Å². The summed E-state index contributed by atoms with van der Waals surface area (Å²) in [6, 6.07) is 0. The van der Waals surface area contributed by atoms with Gasteiger partial charge in [-0.2, -0.15) is 0 Å². The zero-order chi connectivity index (χ0) is 21.8. The lowest BCUT2D eigenvalue weighted by Crippen LogP contribution is -2.34. The lowest BCUT2D eigenvalue weighted by atomic mass is 9.82. The third-order valence-corrected chi connectivity index (χ3v) is 5.57. The second-order valence-electron chi connectivity index (χ2n) is 7.71. The molecule has 1 heterocycles. The Kier molecular flexibility index (Phi) is 5.01. The number of hydrogen-bond acceptors (Lipinski definition) is 7. The van der Waals surface area contributed by atoms with Gasteiger partial charge in [0.2, 0.25) is 17.7 Å². The highest BCUT2D eigenvalue weighted by Crippen LogP contribution is 2.78. The van der Waals surface area contributed by atoms with Crippen LogP contribution in [0.15, 0.2) is 4.42 Å². The van der Waals surface area contributed by atoms with Gasteiger partial charge in [-0.1, -0.05) is 0 Å². The number of hydrogen-bond donors (Lipinski definition) is 1. The van der Waals surface area contributed by atoms with Gasteiger partial charge in [0, 0.05) is 5.92 Å². The van der Waals surface area contributed by atoms with Crippen LogP contribution in [-0.4, -0.2) is 60.3 Å². The number of nitrogens with one attached hydrogen (secondary N) is 1. The van der Waals surface area contributed by atoms with Crippen molar-refractivity contribution in [2.45, 2.75) is 61.4 Å². The predicted octanol–water partition coefficient (Wildman–Crippen LogP) is 2.31. The molecule has 0 atom stereocenters. The molecule has 0 spiro atoms. The molecule has 0 aromatic carbocycles. The fourth-order valence-electron chi connectivity index (χ4n) is 3.78. The number of halogens is 6. The lowest BCUT2D eigenvalue weighted by Gasteiger charge is -2.32. The summed E-state index contributed by atoms with van der Waals surface area (Å²) in [7, 11) is 0. The Hall–Kier alpha value is -1.93. The molecule has 0 radical (unpaired) electrons. The Balaban J connectivity index is 1.19. The molecule has 168 valence electrons. The third kappa shape index (κ3) is 4.39. The summed E-state index contributed by atoms with van der Waals surface area (Å²) >= 11 is 0. The van der Waals surface area contributed by atoms with Crippen LogP contribution < -0.4 is 5.32 Å². The van der Waals surface area contributed by atoms with Crippen molar-refractivity contribution >= 4 is 5.91 Å². The average molecular weight is 445 g/mol. The summed E-state index contributed by atoms with van der Waals surface area (Å²) in [4.78, 5) is 11.9. The molecule has 1 amide bonds. The van der Waals surface area contributed by atoms with E-state index in [9.17, 15) is 31.1 Å². The highest BCUT2D eigenvalue weighted by molar-refractivity contribution is 5.81. The molecule has 4 rings (SSSR count). The second kappa shape index (κ2) is 7.05. The number of ether oxygens (including phenoxy) is 3. The molecule has 14 heteroatoms. The predicted molar refractivity (Wildman–Crippen MR) is 81.8 cm³/mol. The first kappa shape index (κ1) is 21.3. The Morgan fingerprint density at radius 3 is 2.43 bits per heavy atom. The number of rotatable bonds is 9. The Bertz CT molecular complexity index is 798. The SMILES string of the molecule is O=C(COCCOC(F)(F)F)NC12CC1(c1nnc(C3CC(OC(F)(F)F)C3)o1)C2. The first-order valence-electron chi connectivity index (χ1n) is 9.09. The van der Waals surface area contributed by atoms with E-state index in [1.165, 1.54) is 0 Å². The maximum atomic E-state index is 12.2. The average Bonchev–Trinajstić information content (AvgIpc) is 3.25. The van der Waals surface area contributed by atoms with Gasteiger partial charge in [-0.25, -0.2) is 0 Å². The summed E-state index contributed by atoms with van der Waals surface area (Å²) in [5.74, 6) is -0.234. The Morgan fingerprint density at radius 2 is 1.80 bits per heavy atom. The number of carbonyl (C=O) groups is 1. The topological polar surface area (TPSA) is 95.7 Å².